The molecule has 1 amide bonds. The van der Waals surface area contributed by atoms with Gasteiger partial charge in [-0.3, -0.25) is 4.79 Å². The Morgan fingerprint density at radius 3 is 2.67 bits per heavy atom. The molecule has 1 fully saturated rings. The second-order valence-electron chi connectivity index (χ2n) is 5.11. The van der Waals surface area contributed by atoms with Gasteiger partial charge in [-0.15, -0.1) is 11.8 Å². The zero-order chi connectivity index (χ0) is 13.4. The maximum absolute atomic E-state index is 12.1. The lowest BCUT2D eigenvalue weighted by Gasteiger charge is -2.32. The van der Waals surface area contributed by atoms with Gasteiger partial charge in [0.25, 0.3) is 0 Å². The number of nitriles is 1. The van der Waals surface area contributed by atoms with Crippen molar-refractivity contribution in [3.8, 4) is 6.07 Å². The molecule has 0 aliphatic heterocycles. The minimum atomic E-state index is -0.588. The normalized spacial score (nSPS) is 19.8. The van der Waals surface area contributed by atoms with E-state index < -0.39 is 5.54 Å². The van der Waals surface area contributed by atoms with Crippen LogP contribution in [-0.4, -0.2) is 22.4 Å². The number of nitrogens with one attached hydrogen (secondary N) is 1. The number of nitrogens with zero attached hydrogens (tertiary/aromatic N) is 1. The predicted octanol–water partition coefficient (Wildman–Crippen LogP) is 3.25. The number of rotatable bonds is 6. The molecule has 1 atom stereocenters. The van der Waals surface area contributed by atoms with Gasteiger partial charge in [-0.2, -0.15) is 5.26 Å². The number of carbonyl (C=O) groups is 1. The van der Waals surface area contributed by atoms with Crippen LogP contribution in [0, 0.1) is 11.3 Å². The van der Waals surface area contributed by atoms with E-state index in [0.717, 1.165) is 44.3 Å². The summed E-state index contributed by atoms with van der Waals surface area (Å²) in [7, 11) is 0. The van der Waals surface area contributed by atoms with Crippen molar-refractivity contribution in [1.29, 1.82) is 5.26 Å². The maximum Gasteiger partial charge on any atom is 0.234 e. The van der Waals surface area contributed by atoms with Crippen LogP contribution in [0.4, 0.5) is 0 Å². The summed E-state index contributed by atoms with van der Waals surface area (Å²) in [6.07, 6.45) is 7.19. The van der Waals surface area contributed by atoms with Crippen LogP contribution in [0.5, 0.6) is 0 Å². The molecule has 0 radical (unpaired) electrons. The molecular formula is C14H24N2OS. The summed E-state index contributed by atoms with van der Waals surface area (Å²) < 4.78 is 0. The Labute approximate surface area is 115 Å². The van der Waals surface area contributed by atoms with Gasteiger partial charge < -0.3 is 5.32 Å². The first-order valence-electron chi connectivity index (χ1n) is 6.98. The van der Waals surface area contributed by atoms with Gasteiger partial charge in [0.1, 0.15) is 5.54 Å². The first kappa shape index (κ1) is 15.4. The first-order valence-corrected chi connectivity index (χ1v) is 8.03. The zero-order valence-corrected chi connectivity index (χ0v) is 12.3. The number of unbranched alkanes of at least 4 members (excludes halogenated alkanes) is 1. The summed E-state index contributed by atoms with van der Waals surface area (Å²) in [4.78, 5) is 12.1. The lowest BCUT2D eigenvalue weighted by atomic mass is 9.83. The molecule has 102 valence electrons. The van der Waals surface area contributed by atoms with E-state index in [0.29, 0.717) is 0 Å². The summed E-state index contributed by atoms with van der Waals surface area (Å²) in [5.74, 6) is 1.05. The van der Waals surface area contributed by atoms with Crippen LogP contribution >= 0.6 is 11.8 Å². The number of thioether (sulfide) groups is 1. The van der Waals surface area contributed by atoms with Crippen LogP contribution in [0.25, 0.3) is 0 Å². The third-order valence-corrected chi connectivity index (χ3v) is 4.76. The number of hydrogen-bond acceptors (Lipinski definition) is 3. The molecule has 1 aliphatic carbocycles. The average molecular weight is 268 g/mol. The molecule has 0 bridgehead atoms. The fraction of sp³-hybridized carbons (Fsp3) is 0.857. The molecule has 3 nitrogen and oxygen atoms in total. The van der Waals surface area contributed by atoms with Gasteiger partial charge >= 0.3 is 0 Å². The van der Waals surface area contributed by atoms with Crippen LogP contribution in [0.3, 0.4) is 0 Å². The van der Waals surface area contributed by atoms with Crippen molar-refractivity contribution in [3.63, 3.8) is 0 Å². The van der Waals surface area contributed by atoms with Gasteiger partial charge in [-0.25, -0.2) is 0 Å². The van der Waals surface area contributed by atoms with Crippen molar-refractivity contribution in [2.75, 3.05) is 5.75 Å². The van der Waals surface area contributed by atoms with Crippen LogP contribution in [-0.2, 0) is 4.79 Å². The van der Waals surface area contributed by atoms with E-state index in [1.165, 1.54) is 6.42 Å². The van der Waals surface area contributed by atoms with E-state index in [1.807, 2.05) is 6.92 Å². The fourth-order valence-electron chi connectivity index (χ4n) is 2.24. The van der Waals surface area contributed by atoms with E-state index in [2.05, 4.69) is 18.3 Å². The van der Waals surface area contributed by atoms with Crippen molar-refractivity contribution in [1.82, 2.24) is 5.32 Å². The zero-order valence-electron chi connectivity index (χ0n) is 11.5. The van der Waals surface area contributed by atoms with Crippen molar-refractivity contribution >= 4 is 17.7 Å². The Kier molecular flexibility index (Phi) is 6.56. The quantitative estimate of drug-likeness (QED) is 0.752. The highest BCUT2D eigenvalue weighted by Gasteiger charge is 2.34. The Bertz CT molecular complexity index is 305. The molecule has 1 saturated carbocycles. The van der Waals surface area contributed by atoms with Gasteiger partial charge in [0.2, 0.25) is 5.91 Å². The third kappa shape index (κ3) is 4.53. The molecule has 0 aromatic carbocycles. The highest BCUT2D eigenvalue weighted by Crippen LogP contribution is 2.28. The van der Waals surface area contributed by atoms with E-state index >= 15 is 0 Å². The molecule has 18 heavy (non-hydrogen) atoms. The van der Waals surface area contributed by atoms with Crippen molar-refractivity contribution in [2.45, 2.75) is 69.6 Å². The molecule has 1 unspecified atom stereocenters. The summed E-state index contributed by atoms with van der Waals surface area (Å²) in [6.45, 7) is 4.08. The Hall–Kier alpha value is -0.690. The molecule has 0 aromatic heterocycles. The van der Waals surface area contributed by atoms with Crippen LogP contribution < -0.4 is 5.32 Å². The average Bonchev–Trinajstić information content (AvgIpc) is 2.40. The van der Waals surface area contributed by atoms with Crippen molar-refractivity contribution < 1.29 is 4.79 Å². The largest absolute Gasteiger partial charge is 0.337 e. The molecule has 4 heteroatoms. The van der Waals surface area contributed by atoms with Crippen LogP contribution in [0.2, 0.25) is 0 Å². The standard InChI is InChI=1S/C14H24N2OS/c1-3-4-10-18-12(2)13(17)16-14(11-15)8-6-5-7-9-14/h12H,3-10H2,1-2H3,(H,16,17). The molecule has 0 spiro atoms. The number of amides is 1. The predicted molar refractivity (Wildman–Crippen MR) is 76.4 cm³/mol. The highest BCUT2D eigenvalue weighted by atomic mass is 32.2. The highest BCUT2D eigenvalue weighted by molar-refractivity contribution is 8.00. The molecule has 0 aromatic rings. The fourth-order valence-corrected chi connectivity index (χ4v) is 3.26. The van der Waals surface area contributed by atoms with E-state index in [9.17, 15) is 10.1 Å². The second kappa shape index (κ2) is 7.68. The summed E-state index contributed by atoms with van der Waals surface area (Å²) in [5.41, 5.74) is -0.588. The smallest absolute Gasteiger partial charge is 0.234 e. The molecule has 1 aliphatic rings. The Balaban J connectivity index is 2.44. The molecule has 1 N–H and O–H groups in total. The Morgan fingerprint density at radius 1 is 1.44 bits per heavy atom. The molecular weight excluding hydrogens is 244 g/mol. The number of hydrogen-bond donors (Lipinski definition) is 1. The number of carbonyl (C=O) groups excluding carboxylic acids is 1. The first-order chi connectivity index (χ1) is 8.63. The minimum Gasteiger partial charge on any atom is -0.337 e. The monoisotopic (exact) mass is 268 g/mol. The van der Waals surface area contributed by atoms with Crippen molar-refractivity contribution in [3.05, 3.63) is 0 Å². The maximum atomic E-state index is 12.1. The minimum absolute atomic E-state index is 0.0274. The van der Waals surface area contributed by atoms with Crippen LogP contribution in [0.15, 0.2) is 0 Å². The summed E-state index contributed by atoms with van der Waals surface area (Å²) in [6, 6.07) is 2.33. The van der Waals surface area contributed by atoms with Crippen molar-refractivity contribution in [2.24, 2.45) is 0 Å². The lowest BCUT2D eigenvalue weighted by molar-refractivity contribution is -0.121. The Morgan fingerprint density at radius 2 is 2.11 bits per heavy atom. The van der Waals surface area contributed by atoms with Gasteiger partial charge in [0.15, 0.2) is 0 Å². The molecule has 0 heterocycles. The third-order valence-electron chi connectivity index (χ3n) is 3.52. The van der Waals surface area contributed by atoms with Gasteiger partial charge in [-0.05, 0) is 31.9 Å². The van der Waals surface area contributed by atoms with Gasteiger partial charge in [0, 0.05) is 0 Å². The van der Waals surface area contributed by atoms with E-state index in [4.69, 9.17) is 0 Å². The van der Waals surface area contributed by atoms with E-state index in [1.54, 1.807) is 11.8 Å². The second-order valence-corrected chi connectivity index (χ2v) is 6.56. The van der Waals surface area contributed by atoms with Gasteiger partial charge in [-0.1, -0.05) is 32.6 Å². The molecule has 1 rings (SSSR count). The molecule has 0 saturated heterocycles. The SMILES string of the molecule is CCCCSC(C)C(=O)NC1(C#N)CCCCC1. The van der Waals surface area contributed by atoms with E-state index in [-0.39, 0.29) is 11.2 Å². The van der Waals surface area contributed by atoms with Crippen LogP contribution in [0.1, 0.15) is 58.8 Å². The summed E-state index contributed by atoms with van der Waals surface area (Å²) >= 11 is 1.69. The van der Waals surface area contributed by atoms with Gasteiger partial charge in [0.05, 0.1) is 11.3 Å². The summed E-state index contributed by atoms with van der Waals surface area (Å²) in [5, 5.41) is 12.3. The topological polar surface area (TPSA) is 52.9 Å². The lowest BCUT2D eigenvalue weighted by Crippen LogP contribution is -2.51.